The van der Waals surface area contributed by atoms with Crippen molar-refractivity contribution < 1.29 is 22.8 Å². The molecule has 0 fully saturated rings. The SMILES string of the molecule is COc1cc([N+](=O)[O-])c(C(F)(F)F)cc1CN. The van der Waals surface area contributed by atoms with Gasteiger partial charge in [-0.15, -0.1) is 0 Å². The van der Waals surface area contributed by atoms with Gasteiger partial charge in [0.15, 0.2) is 0 Å². The lowest BCUT2D eigenvalue weighted by Crippen LogP contribution is -2.11. The van der Waals surface area contributed by atoms with Crippen LogP contribution >= 0.6 is 0 Å². The quantitative estimate of drug-likeness (QED) is 0.658. The molecule has 94 valence electrons. The molecular formula is C9H9F3N2O3. The van der Waals surface area contributed by atoms with Crippen LogP contribution in [-0.4, -0.2) is 12.0 Å². The third-order valence-corrected chi connectivity index (χ3v) is 2.12. The van der Waals surface area contributed by atoms with E-state index in [-0.39, 0.29) is 17.9 Å². The Morgan fingerprint density at radius 2 is 2.06 bits per heavy atom. The van der Waals surface area contributed by atoms with E-state index in [2.05, 4.69) is 0 Å². The van der Waals surface area contributed by atoms with Crippen molar-refractivity contribution in [2.75, 3.05) is 7.11 Å². The average Bonchev–Trinajstić information content (AvgIpc) is 2.25. The summed E-state index contributed by atoms with van der Waals surface area (Å²) in [5.41, 5.74) is 2.93. The van der Waals surface area contributed by atoms with Crippen LogP contribution in [0.5, 0.6) is 5.75 Å². The summed E-state index contributed by atoms with van der Waals surface area (Å²) < 4.78 is 42.5. The highest BCUT2D eigenvalue weighted by molar-refractivity contribution is 5.52. The van der Waals surface area contributed by atoms with Crippen molar-refractivity contribution in [1.29, 1.82) is 0 Å². The molecule has 0 spiro atoms. The van der Waals surface area contributed by atoms with Crippen LogP contribution in [0.1, 0.15) is 11.1 Å². The molecule has 0 bridgehead atoms. The fourth-order valence-electron chi connectivity index (χ4n) is 1.34. The topological polar surface area (TPSA) is 78.4 Å². The van der Waals surface area contributed by atoms with E-state index >= 15 is 0 Å². The standard InChI is InChI=1S/C9H9F3N2O3/c1-17-8-3-7(14(15)16)6(9(10,11)12)2-5(8)4-13/h2-3H,4,13H2,1H3. The van der Waals surface area contributed by atoms with Crippen LogP contribution in [-0.2, 0) is 12.7 Å². The van der Waals surface area contributed by atoms with Crippen LogP contribution in [0.4, 0.5) is 18.9 Å². The maximum atomic E-state index is 12.6. The third-order valence-electron chi connectivity index (χ3n) is 2.12. The van der Waals surface area contributed by atoms with E-state index in [9.17, 15) is 23.3 Å². The number of methoxy groups -OCH3 is 1. The second-order valence-corrected chi connectivity index (χ2v) is 3.14. The smallest absolute Gasteiger partial charge is 0.423 e. The summed E-state index contributed by atoms with van der Waals surface area (Å²) in [5.74, 6) is -0.0350. The van der Waals surface area contributed by atoms with E-state index in [0.29, 0.717) is 6.07 Å². The van der Waals surface area contributed by atoms with Gasteiger partial charge in [-0.05, 0) is 6.07 Å². The van der Waals surface area contributed by atoms with Gasteiger partial charge in [0.2, 0.25) is 0 Å². The minimum absolute atomic E-state index is 0.0350. The zero-order chi connectivity index (χ0) is 13.2. The van der Waals surface area contributed by atoms with Gasteiger partial charge in [0.05, 0.1) is 18.1 Å². The van der Waals surface area contributed by atoms with Gasteiger partial charge >= 0.3 is 6.18 Å². The number of benzene rings is 1. The van der Waals surface area contributed by atoms with Crippen molar-refractivity contribution >= 4 is 5.69 Å². The van der Waals surface area contributed by atoms with Crippen LogP contribution in [0.3, 0.4) is 0 Å². The lowest BCUT2D eigenvalue weighted by Gasteiger charge is -2.12. The molecule has 0 aliphatic heterocycles. The third kappa shape index (κ3) is 2.64. The maximum Gasteiger partial charge on any atom is 0.423 e. The zero-order valence-corrected chi connectivity index (χ0v) is 8.75. The van der Waals surface area contributed by atoms with Gasteiger partial charge in [-0.1, -0.05) is 0 Å². The van der Waals surface area contributed by atoms with Crippen LogP contribution in [0.2, 0.25) is 0 Å². The van der Waals surface area contributed by atoms with Gasteiger partial charge in [-0.3, -0.25) is 10.1 Å². The minimum Gasteiger partial charge on any atom is -0.496 e. The molecule has 0 heterocycles. The number of nitro groups is 1. The number of rotatable bonds is 3. The largest absolute Gasteiger partial charge is 0.496 e. The summed E-state index contributed by atoms with van der Waals surface area (Å²) in [4.78, 5) is 9.45. The molecule has 0 atom stereocenters. The molecule has 5 nitrogen and oxygen atoms in total. The van der Waals surface area contributed by atoms with Crippen molar-refractivity contribution in [2.24, 2.45) is 5.73 Å². The van der Waals surface area contributed by atoms with Crippen LogP contribution in [0.15, 0.2) is 12.1 Å². The molecule has 0 aliphatic carbocycles. The van der Waals surface area contributed by atoms with Gasteiger partial charge in [0, 0.05) is 12.1 Å². The maximum absolute atomic E-state index is 12.6. The fourth-order valence-corrected chi connectivity index (χ4v) is 1.34. The van der Waals surface area contributed by atoms with Gasteiger partial charge in [-0.2, -0.15) is 13.2 Å². The predicted molar refractivity (Wildman–Crippen MR) is 52.5 cm³/mol. The molecule has 0 aromatic heterocycles. The summed E-state index contributed by atoms with van der Waals surface area (Å²) in [6, 6.07) is 1.36. The fraction of sp³-hybridized carbons (Fsp3) is 0.333. The molecule has 2 N–H and O–H groups in total. The Hall–Kier alpha value is -1.83. The van der Waals surface area contributed by atoms with Crippen molar-refractivity contribution in [3.05, 3.63) is 33.4 Å². The number of halogens is 3. The molecular weight excluding hydrogens is 241 g/mol. The van der Waals surface area contributed by atoms with E-state index in [4.69, 9.17) is 10.5 Å². The van der Waals surface area contributed by atoms with Crippen LogP contribution in [0, 0.1) is 10.1 Å². The van der Waals surface area contributed by atoms with E-state index in [0.717, 1.165) is 6.07 Å². The number of nitrogens with zero attached hydrogens (tertiary/aromatic N) is 1. The number of hydrogen-bond acceptors (Lipinski definition) is 4. The van der Waals surface area contributed by atoms with Crippen molar-refractivity contribution in [3.63, 3.8) is 0 Å². The Morgan fingerprint density at radius 1 is 1.47 bits per heavy atom. The predicted octanol–water partition coefficient (Wildman–Crippen LogP) is 2.08. The second-order valence-electron chi connectivity index (χ2n) is 3.14. The first-order valence-electron chi connectivity index (χ1n) is 4.43. The Labute approximate surface area is 94.1 Å². The van der Waals surface area contributed by atoms with E-state index in [1.807, 2.05) is 0 Å². The van der Waals surface area contributed by atoms with Gasteiger partial charge in [0.1, 0.15) is 11.3 Å². The van der Waals surface area contributed by atoms with Crippen molar-refractivity contribution in [2.45, 2.75) is 12.7 Å². The number of alkyl halides is 3. The van der Waals surface area contributed by atoms with Gasteiger partial charge < -0.3 is 10.5 Å². The number of nitro benzene ring substituents is 1. The molecule has 0 aliphatic rings. The van der Waals surface area contributed by atoms with E-state index in [1.165, 1.54) is 7.11 Å². The highest BCUT2D eigenvalue weighted by Crippen LogP contribution is 2.39. The lowest BCUT2D eigenvalue weighted by atomic mass is 10.1. The lowest BCUT2D eigenvalue weighted by molar-refractivity contribution is -0.388. The molecule has 0 unspecified atom stereocenters. The molecule has 17 heavy (non-hydrogen) atoms. The summed E-state index contributed by atoms with van der Waals surface area (Å²) in [5, 5.41) is 10.6. The molecule has 8 heteroatoms. The molecule has 0 saturated carbocycles. The van der Waals surface area contributed by atoms with E-state index < -0.39 is 22.4 Å². The van der Waals surface area contributed by atoms with Crippen LogP contribution in [0.25, 0.3) is 0 Å². The number of ether oxygens (including phenoxy) is 1. The van der Waals surface area contributed by atoms with Crippen molar-refractivity contribution in [1.82, 2.24) is 0 Å². The molecule has 0 radical (unpaired) electrons. The summed E-state index contributed by atoms with van der Waals surface area (Å²) in [6.45, 7) is -0.204. The first-order chi connectivity index (χ1) is 7.81. The zero-order valence-electron chi connectivity index (χ0n) is 8.75. The summed E-state index contributed by atoms with van der Waals surface area (Å²) in [7, 11) is 1.20. The first kappa shape index (κ1) is 13.2. The van der Waals surface area contributed by atoms with Crippen LogP contribution < -0.4 is 10.5 Å². The molecule has 0 amide bonds. The Morgan fingerprint density at radius 3 is 2.41 bits per heavy atom. The average molecular weight is 250 g/mol. The van der Waals surface area contributed by atoms with Crippen molar-refractivity contribution in [3.8, 4) is 5.75 Å². The monoisotopic (exact) mass is 250 g/mol. The minimum atomic E-state index is -4.81. The molecule has 1 rings (SSSR count). The van der Waals surface area contributed by atoms with Gasteiger partial charge in [0.25, 0.3) is 5.69 Å². The highest BCUT2D eigenvalue weighted by atomic mass is 19.4. The Balaban J connectivity index is 3.52. The molecule has 1 aromatic carbocycles. The summed E-state index contributed by atoms with van der Waals surface area (Å²) in [6.07, 6.45) is -4.81. The second kappa shape index (κ2) is 4.58. The number of hydrogen-bond donors (Lipinski definition) is 1. The summed E-state index contributed by atoms with van der Waals surface area (Å²) >= 11 is 0. The molecule has 0 saturated heterocycles. The van der Waals surface area contributed by atoms with Gasteiger partial charge in [-0.25, -0.2) is 0 Å². The normalized spacial score (nSPS) is 11.4. The first-order valence-corrected chi connectivity index (χ1v) is 4.43. The Kier molecular flexibility index (Phi) is 3.56. The van der Waals surface area contributed by atoms with E-state index in [1.54, 1.807) is 0 Å². The molecule has 1 aromatic rings. The highest BCUT2D eigenvalue weighted by Gasteiger charge is 2.39. The Bertz CT molecular complexity index is 446. The number of nitrogens with two attached hydrogens (primary N) is 1.